The van der Waals surface area contributed by atoms with Crippen molar-refractivity contribution in [2.24, 2.45) is 0 Å². The number of sulfone groups is 1. The number of nitrogens with zero attached hydrogens (tertiary/aromatic N) is 2. The molecule has 136 valence electrons. The van der Waals surface area contributed by atoms with E-state index in [2.05, 4.69) is 15.3 Å². The number of anilines is 2. The SMILES string of the molecule is Cc1cc(-c2nc(Nc3ccc(S(C)(=O)=O)cc3)sc2CO)cc(C)n1. The highest BCUT2D eigenvalue weighted by atomic mass is 32.2. The topological polar surface area (TPSA) is 92.2 Å². The normalized spacial score (nSPS) is 11.5. The van der Waals surface area contributed by atoms with Gasteiger partial charge in [-0.2, -0.15) is 0 Å². The van der Waals surface area contributed by atoms with Crippen LogP contribution in [0.2, 0.25) is 0 Å². The standard InChI is InChI=1S/C18H19N3O3S2/c1-11-8-13(9-12(2)19-11)17-16(10-22)25-18(21-17)20-14-4-6-15(7-5-14)26(3,23)24/h4-9,22H,10H2,1-3H3,(H,20,21). The molecule has 2 aromatic heterocycles. The second-order valence-electron chi connectivity index (χ2n) is 6.01. The average Bonchev–Trinajstić information content (AvgIpc) is 2.96. The van der Waals surface area contributed by atoms with Gasteiger partial charge in [0.25, 0.3) is 0 Å². The molecule has 2 N–H and O–H groups in total. The molecule has 2 heterocycles. The maximum Gasteiger partial charge on any atom is 0.188 e. The van der Waals surface area contributed by atoms with Crippen LogP contribution >= 0.6 is 11.3 Å². The first-order valence-corrected chi connectivity index (χ1v) is 10.6. The zero-order chi connectivity index (χ0) is 18.9. The van der Waals surface area contributed by atoms with E-state index in [1.807, 2.05) is 26.0 Å². The molecule has 0 saturated carbocycles. The van der Waals surface area contributed by atoms with Crippen molar-refractivity contribution in [2.45, 2.75) is 25.3 Å². The van der Waals surface area contributed by atoms with Crippen LogP contribution in [0, 0.1) is 13.8 Å². The summed E-state index contributed by atoms with van der Waals surface area (Å²) in [5.74, 6) is 0. The van der Waals surface area contributed by atoms with Crippen LogP contribution in [0.1, 0.15) is 16.3 Å². The summed E-state index contributed by atoms with van der Waals surface area (Å²) in [6.45, 7) is 3.73. The molecule has 0 saturated heterocycles. The van der Waals surface area contributed by atoms with Gasteiger partial charge in [0.15, 0.2) is 15.0 Å². The van der Waals surface area contributed by atoms with E-state index in [1.165, 1.54) is 17.6 Å². The van der Waals surface area contributed by atoms with Crippen molar-refractivity contribution < 1.29 is 13.5 Å². The van der Waals surface area contributed by atoms with Crippen molar-refractivity contribution in [2.75, 3.05) is 11.6 Å². The molecule has 8 heteroatoms. The maximum absolute atomic E-state index is 11.5. The van der Waals surface area contributed by atoms with Crippen LogP contribution in [0.3, 0.4) is 0 Å². The van der Waals surface area contributed by atoms with Crippen LogP contribution in [-0.4, -0.2) is 29.7 Å². The molecule has 26 heavy (non-hydrogen) atoms. The monoisotopic (exact) mass is 389 g/mol. The van der Waals surface area contributed by atoms with E-state index in [0.29, 0.717) is 5.13 Å². The molecule has 0 atom stereocenters. The lowest BCUT2D eigenvalue weighted by Gasteiger charge is -2.04. The molecule has 0 amide bonds. The summed E-state index contributed by atoms with van der Waals surface area (Å²) < 4.78 is 23.1. The van der Waals surface area contributed by atoms with Crippen LogP contribution in [0.25, 0.3) is 11.3 Å². The molecule has 0 bridgehead atoms. The molecule has 3 rings (SSSR count). The summed E-state index contributed by atoms with van der Waals surface area (Å²) in [6.07, 6.45) is 1.18. The molecule has 0 aliphatic rings. The summed E-state index contributed by atoms with van der Waals surface area (Å²) in [5, 5.41) is 13.5. The van der Waals surface area contributed by atoms with Crippen molar-refractivity contribution in [3.63, 3.8) is 0 Å². The fourth-order valence-corrected chi connectivity index (χ4v) is 4.11. The Kier molecular flexibility index (Phi) is 5.08. The Morgan fingerprint density at radius 2 is 1.69 bits per heavy atom. The average molecular weight is 390 g/mol. The number of hydrogen-bond acceptors (Lipinski definition) is 7. The van der Waals surface area contributed by atoms with E-state index in [4.69, 9.17) is 0 Å². The second-order valence-corrected chi connectivity index (χ2v) is 9.11. The van der Waals surface area contributed by atoms with Gasteiger partial charge in [0.05, 0.1) is 22.1 Å². The molecule has 1 aromatic carbocycles. The number of aliphatic hydroxyl groups is 1. The second kappa shape index (κ2) is 7.14. The zero-order valence-corrected chi connectivity index (χ0v) is 16.3. The number of thiazole rings is 1. The molecule has 0 aliphatic carbocycles. The molecule has 0 spiro atoms. The van der Waals surface area contributed by atoms with Gasteiger partial charge in [-0.25, -0.2) is 13.4 Å². The Balaban J connectivity index is 1.91. The number of aryl methyl sites for hydroxylation is 2. The predicted octanol–water partition coefficient (Wildman–Crippen LogP) is 3.46. The molecular weight excluding hydrogens is 370 g/mol. The van der Waals surface area contributed by atoms with E-state index in [9.17, 15) is 13.5 Å². The van der Waals surface area contributed by atoms with Gasteiger partial charge in [-0.05, 0) is 50.2 Å². The summed E-state index contributed by atoms with van der Waals surface area (Å²) in [5.41, 5.74) is 4.15. The van der Waals surface area contributed by atoms with Crippen molar-refractivity contribution in [1.82, 2.24) is 9.97 Å². The Morgan fingerprint density at radius 3 is 2.23 bits per heavy atom. The van der Waals surface area contributed by atoms with Gasteiger partial charge >= 0.3 is 0 Å². The summed E-state index contributed by atoms with van der Waals surface area (Å²) in [7, 11) is -3.22. The van der Waals surface area contributed by atoms with Crippen LogP contribution in [-0.2, 0) is 16.4 Å². The van der Waals surface area contributed by atoms with E-state index >= 15 is 0 Å². The fourth-order valence-electron chi connectivity index (χ4n) is 2.62. The number of benzene rings is 1. The minimum Gasteiger partial charge on any atom is -0.391 e. The molecule has 3 aromatic rings. The lowest BCUT2D eigenvalue weighted by molar-refractivity contribution is 0.286. The van der Waals surface area contributed by atoms with Gasteiger partial charge in [-0.1, -0.05) is 11.3 Å². The Morgan fingerprint density at radius 1 is 1.08 bits per heavy atom. The van der Waals surface area contributed by atoms with Gasteiger partial charge in [-0.15, -0.1) is 0 Å². The van der Waals surface area contributed by atoms with Crippen LogP contribution in [0.15, 0.2) is 41.3 Å². The third-order valence-corrected chi connectivity index (χ3v) is 5.81. The summed E-state index contributed by atoms with van der Waals surface area (Å²) >= 11 is 1.36. The minimum absolute atomic E-state index is 0.109. The quantitative estimate of drug-likeness (QED) is 0.694. The Labute approximate surface area is 156 Å². The smallest absolute Gasteiger partial charge is 0.188 e. The third-order valence-electron chi connectivity index (χ3n) is 3.73. The van der Waals surface area contributed by atoms with Crippen molar-refractivity contribution in [1.29, 1.82) is 0 Å². The van der Waals surface area contributed by atoms with Crippen molar-refractivity contribution >= 4 is 32.0 Å². The van der Waals surface area contributed by atoms with E-state index < -0.39 is 9.84 Å². The number of aliphatic hydroxyl groups excluding tert-OH is 1. The Bertz CT molecular complexity index is 1020. The van der Waals surface area contributed by atoms with Crippen molar-refractivity contribution in [3.05, 3.63) is 52.7 Å². The first-order valence-electron chi connectivity index (χ1n) is 7.89. The molecule has 0 fully saturated rings. The highest BCUT2D eigenvalue weighted by Crippen LogP contribution is 2.33. The van der Waals surface area contributed by atoms with E-state index in [1.54, 1.807) is 24.3 Å². The fraction of sp³-hybridized carbons (Fsp3) is 0.222. The van der Waals surface area contributed by atoms with Crippen molar-refractivity contribution in [3.8, 4) is 11.3 Å². The molecule has 6 nitrogen and oxygen atoms in total. The van der Waals surface area contributed by atoms with E-state index in [-0.39, 0.29) is 11.5 Å². The van der Waals surface area contributed by atoms with Crippen LogP contribution in [0.5, 0.6) is 0 Å². The van der Waals surface area contributed by atoms with Gasteiger partial charge in [0.2, 0.25) is 0 Å². The third kappa shape index (κ3) is 4.09. The van der Waals surface area contributed by atoms with E-state index in [0.717, 1.165) is 33.2 Å². The van der Waals surface area contributed by atoms with Gasteiger partial charge in [0.1, 0.15) is 0 Å². The first kappa shape index (κ1) is 18.5. The summed E-state index contributed by atoms with van der Waals surface area (Å²) in [6, 6.07) is 10.4. The predicted molar refractivity (Wildman–Crippen MR) is 104 cm³/mol. The van der Waals surface area contributed by atoms with Gasteiger partial charge < -0.3 is 10.4 Å². The van der Waals surface area contributed by atoms with Crippen LogP contribution in [0.4, 0.5) is 10.8 Å². The van der Waals surface area contributed by atoms with Crippen LogP contribution < -0.4 is 5.32 Å². The number of aromatic nitrogens is 2. The molecular formula is C18H19N3O3S2. The van der Waals surface area contributed by atoms with Gasteiger partial charge in [0, 0.05) is 28.9 Å². The number of rotatable bonds is 5. The number of nitrogens with one attached hydrogen (secondary N) is 1. The summed E-state index contributed by atoms with van der Waals surface area (Å²) in [4.78, 5) is 9.99. The number of hydrogen-bond donors (Lipinski definition) is 2. The Hall–Kier alpha value is -2.29. The van der Waals surface area contributed by atoms with Gasteiger partial charge in [-0.3, -0.25) is 4.98 Å². The highest BCUT2D eigenvalue weighted by molar-refractivity contribution is 7.90. The minimum atomic E-state index is -3.22. The first-order chi connectivity index (χ1) is 12.3. The molecule has 0 aliphatic heterocycles. The number of pyridine rings is 1. The highest BCUT2D eigenvalue weighted by Gasteiger charge is 2.14. The lowest BCUT2D eigenvalue weighted by Crippen LogP contribution is -1.97. The lowest BCUT2D eigenvalue weighted by atomic mass is 10.1. The molecule has 0 radical (unpaired) electrons. The zero-order valence-electron chi connectivity index (χ0n) is 14.6. The maximum atomic E-state index is 11.5. The molecule has 0 unspecified atom stereocenters. The largest absolute Gasteiger partial charge is 0.391 e.